The number of hydrogen-bond donors (Lipinski definition) is 0. The first-order chi connectivity index (χ1) is 10.2. The lowest BCUT2D eigenvalue weighted by molar-refractivity contribution is -0.134. The Morgan fingerprint density at radius 2 is 2.27 bits per heavy atom. The maximum absolute atomic E-state index is 11.7. The second-order valence-electron chi connectivity index (χ2n) is 5.61. The monoisotopic (exact) mass is 321 g/mol. The zero-order valence-corrected chi connectivity index (χ0v) is 14.1. The van der Waals surface area contributed by atoms with E-state index in [9.17, 15) is 4.79 Å². The molecule has 0 unspecified atom stereocenters. The van der Waals surface area contributed by atoms with Gasteiger partial charge in [-0.2, -0.15) is 0 Å². The molecular weight excluding hydrogens is 298 g/mol. The lowest BCUT2D eigenvalue weighted by atomic mass is 10.1. The Morgan fingerprint density at radius 1 is 1.50 bits per heavy atom. The van der Waals surface area contributed by atoms with Gasteiger partial charge in [-0.25, -0.2) is 0 Å². The average Bonchev–Trinajstić information content (AvgIpc) is 2.88. The summed E-state index contributed by atoms with van der Waals surface area (Å²) in [5.41, 5.74) is 2.57. The van der Waals surface area contributed by atoms with Crippen molar-refractivity contribution in [2.45, 2.75) is 45.1 Å². The summed E-state index contributed by atoms with van der Waals surface area (Å²) in [6.07, 6.45) is 9.87. The highest BCUT2D eigenvalue weighted by Gasteiger charge is 2.26. The summed E-state index contributed by atoms with van der Waals surface area (Å²) >= 11 is 0. The van der Waals surface area contributed by atoms with Crippen molar-refractivity contribution in [1.82, 2.24) is 4.90 Å². The second kappa shape index (κ2) is 8.82. The van der Waals surface area contributed by atoms with Gasteiger partial charge in [0.1, 0.15) is 5.75 Å². The van der Waals surface area contributed by atoms with Gasteiger partial charge < -0.3 is 4.74 Å². The van der Waals surface area contributed by atoms with Crippen molar-refractivity contribution in [2.24, 2.45) is 0 Å². The molecule has 0 fully saturated rings. The van der Waals surface area contributed by atoms with Crippen molar-refractivity contribution in [3.8, 4) is 18.1 Å². The summed E-state index contributed by atoms with van der Waals surface area (Å²) in [5, 5.41) is 0. The molecule has 22 heavy (non-hydrogen) atoms. The molecule has 0 N–H and O–H groups in total. The number of ether oxygens (including phenoxy) is 1. The van der Waals surface area contributed by atoms with E-state index in [1.54, 1.807) is 0 Å². The van der Waals surface area contributed by atoms with Crippen LogP contribution in [0.15, 0.2) is 18.2 Å². The molecule has 0 aromatic heterocycles. The van der Waals surface area contributed by atoms with Crippen LogP contribution in [0.25, 0.3) is 0 Å². The third-order valence-electron chi connectivity index (χ3n) is 4.00. The van der Waals surface area contributed by atoms with Gasteiger partial charge in [0.25, 0.3) is 0 Å². The molecule has 0 heterocycles. The number of carbonyl (C=O) groups excluding carboxylic acids is 1. The molecule has 4 heteroatoms. The number of hydrogen-bond acceptors (Lipinski definition) is 3. The molecule has 0 bridgehead atoms. The Bertz CT molecular complexity index is 551. The lowest BCUT2D eigenvalue weighted by Crippen LogP contribution is -2.23. The zero-order chi connectivity index (χ0) is 15.2. The summed E-state index contributed by atoms with van der Waals surface area (Å²) < 4.78 is 5.43. The summed E-state index contributed by atoms with van der Waals surface area (Å²) in [6.45, 7) is 2.69. The second-order valence-corrected chi connectivity index (χ2v) is 5.61. The smallest absolute Gasteiger partial charge is 0.311 e. The number of benzene rings is 1. The van der Waals surface area contributed by atoms with Crippen LogP contribution in [0.3, 0.4) is 0 Å². The van der Waals surface area contributed by atoms with E-state index < -0.39 is 0 Å². The van der Waals surface area contributed by atoms with Gasteiger partial charge in [0.15, 0.2) is 0 Å². The van der Waals surface area contributed by atoms with E-state index in [1.807, 2.05) is 19.2 Å². The molecule has 3 nitrogen and oxygen atoms in total. The number of aryl methyl sites for hydroxylation is 1. The predicted molar refractivity (Wildman–Crippen MR) is 91.4 cm³/mol. The van der Waals surface area contributed by atoms with Crippen molar-refractivity contribution in [2.75, 3.05) is 13.6 Å². The normalized spacial score (nSPS) is 15.8. The molecule has 1 aliphatic carbocycles. The van der Waals surface area contributed by atoms with Gasteiger partial charge in [0, 0.05) is 12.5 Å². The molecule has 1 aromatic carbocycles. The first kappa shape index (κ1) is 18.5. The van der Waals surface area contributed by atoms with E-state index in [2.05, 4.69) is 23.8 Å². The highest BCUT2D eigenvalue weighted by Crippen LogP contribution is 2.37. The van der Waals surface area contributed by atoms with Gasteiger partial charge in [-0.3, -0.25) is 9.69 Å². The first-order valence-corrected chi connectivity index (χ1v) is 7.63. The summed E-state index contributed by atoms with van der Waals surface area (Å²) in [6, 6.07) is 6.29. The van der Waals surface area contributed by atoms with Crippen LogP contribution in [0.1, 0.15) is 49.8 Å². The fourth-order valence-electron chi connectivity index (χ4n) is 2.84. The number of halogens is 1. The topological polar surface area (TPSA) is 29.5 Å². The minimum absolute atomic E-state index is 0. The van der Waals surface area contributed by atoms with E-state index >= 15 is 0 Å². The van der Waals surface area contributed by atoms with Crippen molar-refractivity contribution >= 4 is 18.4 Å². The van der Waals surface area contributed by atoms with Crippen LogP contribution in [0.5, 0.6) is 5.75 Å². The largest absolute Gasteiger partial charge is 0.427 e. The predicted octanol–water partition coefficient (Wildman–Crippen LogP) is 3.76. The highest BCUT2D eigenvalue weighted by atomic mass is 35.5. The average molecular weight is 322 g/mol. The maximum atomic E-state index is 11.7. The van der Waals surface area contributed by atoms with Gasteiger partial charge >= 0.3 is 5.97 Å². The van der Waals surface area contributed by atoms with E-state index in [1.165, 1.54) is 11.1 Å². The maximum Gasteiger partial charge on any atom is 0.311 e. The van der Waals surface area contributed by atoms with Gasteiger partial charge in [-0.1, -0.05) is 25.3 Å². The molecule has 1 atom stereocenters. The van der Waals surface area contributed by atoms with Crippen molar-refractivity contribution in [3.63, 3.8) is 0 Å². The minimum Gasteiger partial charge on any atom is -0.427 e. The number of nitrogens with zero attached hydrogens (tertiary/aromatic N) is 1. The van der Waals surface area contributed by atoms with Crippen LogP contribution in [0.2, 0.25) is 0 Å². The lowest BCUT2D eigenvalue weighted by Gasteiger charge is -2.23. The molecule has 120 valence electrons. The van der Waals surface area contributed by atoms with Crippen LogP contribution >= 0.6 is 12.4 Å². The van der Waals surface area contributed by atoms with E-state index in [-0.39, 0.29) is 18.4 Å². The van der Waals surface area contributed by atoms with Crippen molar-refractivity contribution in [1.29, 1.82) is 0 Å². The Hall–Kier alpha value is -1.50. The number of esters is 1. The van der Waals surface area contributed by atoms with Crippen LogP contribution < -0.4 is 4.74 Å². The van der Waals surface area contributed by atoms with E-state index in [0.717, 1.165) is 25.7 Å². The van der Waals surface area contributed by atoms with Gasteiger partial charge in [0.05, 0.1) is 6.54 Å². The van der Waals surface area contributed by atoms with Gasteiger partial charge in [-0.15, -0.1) is 18.8 Å². The van der Waals surface area contributed by atoms with Gasteiger partial charge in [0.2, 0.25) is 0 Å². The Morgan fingerprint density at radius 3 is 2.95 bits per heavy atom. The molecular formula is C18H24ClNO2. The number of fused-ring (bicyclic) bond motifs is 1. The van der Waals surface area contributed by atoms with Crippen molar-refractivity contribution < 1.29 is 9.53 Å². The fourth-order valence-corrected chi connectivity index (χ4v) is 2.84. The molecule has 0 spiro atoms. The Labute approximate surface area is 139 Å². The first-order valence-electron chi connectivity index (χ1n) is 7.63. The van der Waals surface area contributed by atoms with E-state index in [0.29, 0.717) is 24.8 Å². The van der Waals surface area contributed by atoms with Gasteiger partial charge in [-0.05, 0) is 49.6 Å². The number of terminal acetylenes is 1. The molecule has 0 amide bonds. The van der Waals surface area contributed by atoms with Crippen molar-refractivity contribution in [3.05, 3.63) is 29.3 Å². The molecule has 0 radical (unpaired) electrons. The SMILES string of the molecule is C#CCN(C)[C@@H]1CCc2ccc(OC(=O)CCCC)cc21.Cl. The summed E-state index contributed by atoms with van der Waals surface area (Å²) in [7, 11) is 2.04. The highest BCUT2D eigenvalue weighted by molar-refractivity contribution is 5.85. The van der Waals surface area contributed by atoms with Crippen LogP contribution in [0.4, 0.5) is 0 Å². The summed E-state index contributed by atoms with van der Waals surface area (Å²) in [5.74, 6) is 3.18. The Balaban J connectivity index is 0.00000242. The van der Waals surface area contributed by atoms with Crippen LogP contribution in [-0.2, 0) is 11.2 Å². The fraction of sp³-hybridized carbons (Fsp3) is 0.500. The number of rotatable bonds is 6. The third kappa shape index (κ3) is 4.50. The number of unbranched alkanes of at least 4 members (excludes halogenated alkanes) is 1. The standard InChI is InChI=1S/C18H23NO2.ClH/c1-4-6-7-18(20)21-15-10-8-14-9-11-17(16(14)13-15)19(3)12-5-2;/h2,8,10,13,17H,4,6-7,9,11-12H2,1,3H3;1H/t17-;/m1./s1. The molecule has 0 saturated carbocycles. The van der Waals surface area contributed by atoms with Crippen LogP contribution in [0, 0.1) is 12.3 Å². The summed E-state index contributed by atoms with van der Waals surface area (Å²) in [4.78, 5) is 13.9. The van der Waals surface area contributed by atoms with E-state index in [4.69, 9.17) is 11.2 Å². The molecule has 2 rings (SSSR count). The third-order valence-corrected chi connectivity index (χ3v) is 4.00. The quantitative estimate of drug-likeness (QED) is 0.454. The molecule has 0 aliphatic heterocycles. The number of carbonyl (C=O) groups is 1. The Kier molecular flexibility index (Phi) is 7.44. The molecule has 1 aromatic rings. The van der Waals surface area contributed by atoms with Crippen LogP contribution in [-0.4, -0.2) is 24.5 Å². The zero-order valence-electron chi connectivity index (χ0n) is 13.3. The molecule has 1 aliphatic rings. The minimum atomic E-state index is -0.150. The molecule has 0 saturated heterocycles.